The average Bonchev–Trinajstić information content (AvgIpc) is 2.40. The van der Waals surface area contributed by atoms with Crippen LogP contribution in [-0.2, 0) is 0 Å². The van der Waals surface area contributed by atoms with Crippen LogP contribution in [0.4, 0.5) is 5.69 Å². The number of thiocarbonyl (C=S) groups is 1. The molecule has 20 heavy (non-hydrogen) atoms. The second kappa shape index (κ2) is 7.07. The van der Waals surface area contributed by atoms with Gasteiger partial charge in [-0.2, -0.15) is 0 Å². The fraction of sp³-hybridized carbons (Fsp3) is 0.588. The fourth-order valence-corrected chi connectivity index (χ4v) is 3.50. The molecule has 110 valence electrons. The highest BCUT2D eigenvalue weighted by atomic mass is 32.1. The van der Waals surface area contributed by atoms with Gasteiger partial charge in [-0.05, 0) is 43.2 Å². The van der Waals surface area contributed by atoms with E-state index in [1.807, 2.05) is 12.1 Å². The molecule has 2 nitrogen and oxygen atoms in total. The lowest BCUT2D eigenvalue weighted by atomic mass is 9.81. The van der Waals surface area contributed by atoms with Gasteiger partial charge in [-0.3, -0.25) is 0 Å². The number of aryl methyl sites for hydroxylation is 1. The number of hydrogen-bond acceptors (Lipinski definition) is 2. The van der Waals surface area contributed by atoms with Crippen LogP contribution in [0.25, 0.3) is 0 Å². The van der Waals surface area contributed by atoms with E-state index in [1.165, 1.54) is 37.7 Å². The van der Waals surface area contributed by atoms with E-state index in [1.54, 1.807) is 0 Å². The summed E-state index contributed by atoms with van der Waals surface area (Å²) in [6.07, 6.45) is 6.83. The zero-order chi connectivity index (χ0) is 14.5. The van der Waals surface area contributed by atoms with Gasteiger partial charge in [-0.25, -0.2) is 0 Å². The molecule has 0 radical (unpaired) electrons. The van der Waals surface area contributed by atoms with Crippen molar-refractivity contribution in [3.05, 3.63) is 29.3 Å². The third-order valence-electron chi connectivity index (χ3n) is 4.44. The van der Waals surface area contributed by atoms with E-state index in [-0.39, 0.29) is 0 Å². The molecule has 1 aliphatic carbocycles. The van der Waals surface area contributed by atoms with Crippen molar-refractivity contribution in [2.75, 3.05) is 11.9 Å². The lowest BCUT2D eigenvalue weighted by Gasteiger charge is -2.27. The summed E-state index contributed by atoms with van der Waals surface area (Å²) in [5.41, 5.74) is 9.11. The average molecular weight is 290 g/mol. The number of nitrogens with one attached hydrogen (secondary N) is 1. The van der Waals surface area contributed by atoms with Crippen LogP contribution in [-0.4, -0.2) is 11.5 Å². The Bertz CT molecular complexity index is 470. The van der Waals surface area contributed by atoms with E-state index in [4.69, 9.17) is 18.0 Å². The summed E-state index contributed by atoms with van der Waals surface area (Å²) in [5.74, 6) is 1.78. The molecule has 0 saturated heterocycles. The first-order chi connectivity index (χ1) is 9.58. The molecule has 3 heteroatoms. The van der Waals surface area contributed by atoms with Gasteiger partial charge in [-0.1, -0.05) is 50.5 Å². The predicted octanol–water partition coefficient (Wildman–Crippen LogP) is 4.26. The van der Waals surface area contributed by atoms with Crippen molar-refractivity contribution in [1.82, 2.24) is 0 Å². The van der Waals surface area contributed by atoms with Crippen LogP contribution >= 0.6 is 12.2 Å². The van der Waals surface area contributed by atoms with Gasteiger partial charge >= 0.3 is 0 Å². The van der Waals surface area contributed by atoms with Crippen LogP contribution in [0, 0.1) is 18.8 Å². The first-order valence-corrected chi connectivity index (χ1v) is 8.12. The summed E-state index contributed by atoms with van der Waals surface area (Å²) in [6, 6.07) is 6.12. The minimum Gasteiger partial charge on any atom is -0.389 e. The smallest absolute Gasteiger partial charge is 0.106 e. The zero-order valence-corrected chi connectivity index (χ0v) is 13.4. The first-order valence-electron chi connectivity index (χ1n) is 7.71. The summed E-state index contributed by atoms with van der Waals surface area (Å²) in [4.78, 5) is 0.475. The van der Waals surface area contributed by atoms with E-state index in [0.717, 1.165) is 29.6 Å². The first kappa shape index (κ1) is 15.3. The van der Waals surface area contributed by atoms with Crippen LogP contribution < -0.4 is 11.1 Å². The van der Waals surface area contributed by atoms with Crippen molar-refractivity contribution >= 4 is 22.9 Å². The third kappa shape index (κ3) is 3.95. The molecule has 0 heterocycles. The number of anilines is 1. The molecule has 1 aromatic carbocycles. The molecule has 0 aromatic heterocycles. The molecule has 2 rings (SSSR count). The predicted molar refractivity (Wildman–Crippen MR) is 91.3 cm³/mol. The molecule has 1 saturated carbocycles. The van der Waals surface area contributed by atoms with E-state index in [2.05, 4.69) is 25.2 Å². The van der Waals surface area contributed by atoms with Crippen LogP contribution in [0.5, 0.6) is 0 Å². The van der Waals surface area contributed by atoms with Crippen molar-refractivity contribution in [3.63, 3.8) is 0 Å². The summed E-state index contributed by atoms with van der Waals surface area (Å²) < 4.78 is 0. The maximum atomic E-state index is 5.81. The second-order valence-electron chi connectivity index (χ2n) is 6.21. The molecule has 0 bridgehead atoms. The highest BCUT2D eigenvalue weighted by Gasteiger charge is 2.18. The van der Waals surface area contributed by atoms with Gasteiger partial charge in [0.1, 0.15) is 4.99 Å². The van der Waals surface area contributed by atoms with E-state index in [0.29, 0.717) is 4.99 Å². The topological polar surface area (TPSA) is 38.0 Å². The summed E-state index contributed by atoms with van der Waals surface area (Å²) in [5, 5.41) is 3.56. The lowest BCUT2D eigenvalue weighted by molar-refractivity contribution is 0.274. The molecule has 0 aliphatic heterocycles. The van der Waals surface area contributed by atoms with E-state index < -0.39 is 0 Å². The van der Waals surface area contributed by atoms with Crippen molar-refractivity contribution in [1.29, 1.82) is 0 Å². The normalized spacial score (nSPS) is 22.5. The van der Waals surface area contributed by atoms with Gasteiger partial charge in [0.25, 0.3) is 0 Å². The molecule has 0 spiro atoms. The molecule has 2 unspecified atom stereocenters. The number of nitrogens with two attached hydrogens (primary N) is 1. The maximum Gasteiger partial charge on any atom is 0.106 e. The standard InChI is InChI=1S/C17H26N2S/c1-12-5-3-7-14(11-12)9-10-19-16-13(2)6-4-8-15(16)17(18)20/h4,6,8,12,14,19H,3,5,7,9-11H2,1-2H3,(H2,18,20). The largest absolute Gasteiger partial charge is 0.389 e. The highest BCUT2D eigenvalue weighted by Crippen LogP contribution is 2.31. The Kier molecular flexibility index (Phi) is 5.41. The number of para-hydroxylation sites is 1. The lowest BCUT2D eigenvalue weighted by Crippen LogP contribution is -2.18. The third-order valence-corrected chi connectivity index (χ3v) is 4.66. The molecule has 0 amide bonds. The van der Waals surface area contributed by atoms with Crippen molar-refractivity contribution in [2.24, 2.45) is 17.6 Å². The fourth-order valence-electron chi connectivity index (χ4n) is 3.33. The Morgan fingerprint density at radius 2 is 2.20 bits per heavy atom. The summed E-state index contributed by atoms with van der Waals surface area (Å²) in [7, 11) is 0. The SMILES string of the molecule is Cc1cccc(C(N)=S)c1NCCC1CCCC(C)C1. The molecule has 1 aromatic rings. The minimum absolute atomic E-state index is 0.475. The van der Waals surface area contributed by atoms with Crippen LogP contribution in [0.15, 0.2) is 18.2 Å². The van der Waals surface area contributed by atoms with Gasteiger partial charge in [0.05, 0.1) is 0 Å². The van der Waals surface area contributed by atoms with Crippen molar-refractivity contribution < 1.29 is 0 Å². The van der Waals surface area contributed by atoms with E-state index >= 15 is 0 Å². The number of benzene rings is 1. The van der Waals surface area contributed by atoms with Gasteiger partial charge in [0.2, 0.25) is 0 Å². The molecule has 1 aliphatic rings. The van der Waals surface area contributed by atoms with Crippen LogP contribution in [0.2, 0.25) is 0 Å². The monoisotopic (exact) mass is 290 g/mol. The van der Waals surface area contributed by atoms with Crippen molar-refractivity contribution in [3.8, 4) is 0 Å². The molecule has 2 atom stereocenters. The van der Waals surface area contributed by atoms with Crippen LogP contribution in [0.3, 0.4) is 0 Å². The second-order valence-corrected chi connectivity index (χ2v) is 6.65. The van der Waals surface area contributed by atoms with Gasteiger partial charge in [0.15, 0.2) is 0 Å². The summed E-state index contributed by atoms with van der Waals surface area (Å²) in [6.45, 7) is 5.50. The Hall–Kier alpha value is -1.09. The molecule has 3 N–H and O–H groups in total. The minimum atomic E-state index is 0.475. The van der Waals surface area contributed by atoms with E-state index in [9.17, 15) is 0 Å². The molecular weight excluding hydrogens is 264 g/mol. The Morgan fingerprint density at radius 1 is 1.40 bits per heavy atom. The van der Waals surface area contributed by atoms with Crippen molar-refractivity contribution in [2.45, 2.75) is 46.0 Å². The Labute approximate surface area is 128 Å². The van der Waals surface area contributed by atoms with Gasteiger partial charge < -0.3 is 11.1 Å². The molecule has 1 fully saturated rings. The van der Waals surface area contributed by atoms with Gasteiger partial charge in [0, 0.05) is 17.8 Å². The quantitative estimate of drug-likeness (QED) is 0.796. The Morgan fingerprint density at radius 3 is 2.90 bits per heavy atom. The summed E-state index contributed by atoms with van der Waals surface area (Å²) >= 11 is 5.14. The van der Waals surface area contributed by atoms with Crippen LogP contribution in [0.1, 0.15) is 50.2 Å². The Balaban J connectivity index is 1.92. The number of rotatable bonds is 5. The molecular formula is C17H26N2S. The van der Waals surface area contributed by atoms with Gasteiger partial charge in [-0.15, -0.1) is 0 Å². The number of hydrogen-bond donors (Lipinski definition) is 2. The maximum absolute atomic E-state index is 5.81. The highest BCUT2D eigenvalue weighted by molar-refractivity contribution is 7.80. The zero-order valence-electron chi connectivity index (χ0n) is 12.6.